The van der Waals surface area contributed by atoms with Gasteiger partial charge in [-0.2, -0.15) is 0 Å². The molecule has 3 heteroatoms. The highest BCUT2D eigenvalue weighted by Gasteiger charge is 2.10. The van der Waals surface area contributed by atoms with Crippen LogP contribution in [-0.4, -0.2) is 6.04 Å². The maximum Gasteiger partial charge on any atom is 0.138 e. The van der Waals surface area contributed by atoms with Crippen LogP contribution in [0.5, 0.6) is 5.75 Å². The lowest BCUT2D eigenvalue weighted by atomic mass is 10.1. The molecule has 2 nitrogen and oxygen atoms in total. The van der Waals surface area contributed by atoms with Crippen LogP contribution in [0.15, 0.2) is 48.5 Å². The summed E-state index contributed by atoms with van der Waals surface area (Å²) in [5.41, 5.74) is 8.05. The average Bonchev–Trinajstić information content (AvgIpc) is 2.42. The Labute approximate surface area is 125 Å². The van der Waals surface area contributed by atoms with Gasteiger partial charge in [-0.1, -0.05) is 48.0 Å². The molecule has 0 spiro atoms. The third-order valence-electron chi connectivity index (χ3n) is 3.13. The highest BCUT2D eigenvalue weighted by Crippen LogP contribution is 2.30. The van der Waals surface area contributed by atoms with Crippen LogP contribution in [0.2, 0.25) is 5.02 Å². The summed E-state index contributed by atoms with van der Waals surface area (Å²) in [4.78, 5) is 0. The topological polar surface area (TPSA) is 35.2 Å². The lowest BCUT2D eigenvalue weighted by Crippen LogP contribution is -2.17. The van der Waals surface area contributed by atoms with E-state index in [0.29, 0.717) is 10.8 Å². The molecular formula is C17H20ClNO. The number of ether oxygens (including phenoxy) is 1. The van der Waals surface area contributed by atoms with E-state index in [9.17, 15) is 0 Å². The van der Waals surface area contributed by atoms with E-state index in [1.807, 2.05) is 62.4 Å². The van der Waals surface area contributed by atoms with Gasteiger partial charge in [0.2, 0.25) is 0 Å². The molecule has 0 saturated heterocycles. The van der Waals surface area contributed by atoms with Gasteiger partial charge in [-0.25, -0.2) is 0 Å². The van der Waals surface area contributed by atoms with E-state index in [1.54, 1.807) is 0 Å². The molecule has 2 aromatic rings. The largest absolute Gasteiger partial charge is 0.484 e. The summed E-state index contributed by atoms with van der Waals surface area (Å²) in [5, 5.41) is 0.630. The van der Waals surface area contributed by atoms with Crippen LogP contribution < -0.4 is 10.5 Å². The molecule has 0 aliphatic carbocycles. The van der Waals surface area contributed by atoms with Crippen molar-refractivity contribution in [3.05, 3.63) is 64.7 Å². The number of hydrogen-bond acceptors (Lipinski definition) is 2. The molecule has 0 amide bonds. The summed E-state index contributed by atoms with van der Waals surface area (Å²) >= 11 is 6.28. The molecule has 0 aliphatic heterocycles. The highest BCUT2D eigenvalue weighted by atomic mass is 35.5. The molecule has 0 aromatic heterocycles. The first-order valence-electron chi connectivity index (χ1n) is 6.82. The molecule has 0 heterocycles. The predicted octanol–water partition coefficient (Wildman–Crippen LogP) is 4.37. The zero-order chi connectivity index (χ0) is 14.5. The van der Waals surface area contributed by atoms with Crippen molar-refractivity contribution >= 4 is 11.6 Å². The first-order chi connectivity index (χ1) is 9.56. The van der Waals surface area contributed by atoms with Crippen molar-refractivity contribution in [3.63, 3.8) is 0 Å². The molecule has 2 aromatic carbocycles. The van der Waals surface area contributed by atoms with Crippen LogP contribution in [0, 0.1) is 0 Å². The van der Waals surface area contributed by atoms with Gasteiger partial charge in [0.15, 0.2) is 0 Å². The Morgan fingerprint density at radius 2 is 1.80 bits per heavy atom. The maximum absolute atomic E-state index is 6.28. The molecule has 2 atom stereocenters. The summed E-state index contributed by atoms with van der Waals surface area (Å²) in [7, 11) is 0. The molecular weight excluding hydrogens is 270 g/mol. The summed E-state index contributed by atoms with van der Waals surface area (Å²) in [6.45, 7) is 4.00. The third-order valence-corrected chi connectivity index (χ3v) is 3.42. The standard InChI is InChI=1S/C17H20ClNO/c1-12(19)10-14-8-9-17(16(18)11-14)20-13(2)15-6-4-3-5-7-15/h3-9,11-13H,10,19H2,1-2H3. The molecule has 0 aliphatic rings. The predicted molar refractivity (Wildman–Crippen MR) is 84.3 cm³/mol. The van der Waals surface area contributed by atoms with Crippen LogP contribution in [0.4, 0.5) is 0 Å². The SMILES string of the molecule is CC(N)Cc1ccc(OC(C)c2ccccc2)c(Cl)c1. The van der Waals surface area contributed by atoms with Crippen LogP contribution in [0.3, 0.4) is 0 Å². The second-order valence-electron chi connectivity index (χ2n) is 5.12. The minimum absolute atomic E-state index is 0.0343. The molecule has 2 rings (SSSR count). The smallest absolute Gasteiger partial charge is 0.138 e. The number of hydrogen-bond donors (Lipinski definition) is 1. The van der Waals surface area contributed by atoms with Crippen molar-refractivity contribution in [2.24, 2.45) is 5.73 Å². The summed E-state index contributed by atoms with van der Waals surface area (Å²) in [6.07, 6.45) is 0.779. The van der Waals surface area contributed by atoms with Crippen LogP contribution in [-0.2, 0) is 6.42 Å². The fourth-order valence-corrected chi connectivity index (χ4v) is 2.37. The van der Waals surface area contributed by atoms with Crippen molar-refractivity contribution in [2.45, 2.75) is 32.4 Å². The van der Waals surface area contributed by atoms with E-state index in [2.05, 4.69) is 0 Å². The summed E-state index contributed by atoms with van der Waals surface area (Å²) < 4.78 is 5.93. The summed E-state index contributed by atoms with van der Waals surface area (Å²) in [5.74, 6) is 0.705. The van der Waals surface area contributed by atoms with Gasteiger partial charge in [0.05, 0.1) is 5.02 Å². The molecule has 0 bridgehead atoms. The van der Waals surface area contributed by atoms with E-state index in [0.717, 1.165) is 17.5 Å². The van der Waals surface area contributed by atoms with Gasteiger partial charge in [-0.15, -0.1) is 0 Å². The van der Waals surface area contributed by atoms with Crippen molar-refractivity contribution < 1.29 is 4.74 Å². The number of nitrogens with two attached hydrogens (primary N) is 1. The van der Waals surface area contributed by atoms with E-state index in [4.69, 9.17) is 22.1 Å². The molecule has 0 fully saturated rings. The summed E-state index contributed by atoms with van der Waals surface area (Å²) in [6, 6.07) is 16.1. The van der Waals surface area contributed by atoms with Gasteiger partial charge in [0, 0.05) is 6.04 Å². The molecule has 0 saturated carbocycles. The Bertz CT molecular complexity index is 554. The van der Waals surface area contributed by atoms with Crippen molar-refractivity contribution in [3.8, 4) is 5.75 Å². The lowest BCUT2D eigenvalue weighted by molar-refractivity contribution is 0.227. The van der Waals surface area contributed by atoms with Crippen molar-refractivity contribution in [1.29, 1.82) is 0 Å². The Morgan fingerprint density at radius 1 is 1.10 bits per heavy atom. The molecule has 20 heavy (non-hydrogen) atoms. The average molecular weight is 290 g/mol. The van der Waals surface area contributed by atoms with E-state index >= 15 is 0 Å². The van der Waals surface area contributed by atoms with Gasteiger partial charge in [0.1, 0.15) is 11.9 Å². The molecule has 0 radical (unpaired) electrons. The van der Waals surface area contributed by atoms with Crippen molar-refractivity contribution in [2.75, 3.05) is 0 Å². The quantitative estimate of drug-likeness (QED) is 0.887. The monoisotopic (exact) mass is 289 g/mol. The first kappa shape index (κ1) is 14.9. The number of halogens is 1. The number of rotatable bonds is 5. The minimum atomic E-state index is -0.0343. The van der Waals surface area contributed by atoms with E-state index < -0.39 is 0 Å². The van der Waals surface area contributed by atoms with Crippen LogP contribution in [0.1, 0.15) is 31.1 Å². The maximum atomic E-state index is 6.28. The van der Waals surface area contributed by atoms with Crippen molar-refractivity contribution in [1.82, 2.24) is 0 Å². The zero-order valence-corrected chi connectivity index (χ0v) is 12.6. The Balaban J connectivity index is 2.10. The second-order valence-corrected chi connectivity index (χ2v) is 5.52. The molecule has 106 valence electrons. The van der Waals surface area contributed by atoms with E-state index in [-0.39, 0.29) is 12.1 Å². The third kappa shape index (κ3) is 3.99. The lowest BCUT2D eigenvalue weighted by Gasteiger charge is -2.17. The minimum Gasteiger partial charge on any atom is -0.484 e. The second kappa shape index (κ2) is 6.78. The fourth-order valence-electron chi connectivity index (χ4n) is 2.12. The fraction of sp³-hybridized carbons (Fsp3) is 0.294. The normalized spacial score (nSPS) is 13.8. The molecule has 2 unspecified atom stereocenters. The van der Waals surface area contributed by atoms with Gasteiger partial charge < -0.3 is 10.5 Å². The van der Waals surface area contributed by atoms with Gasteiger partial charge in [0.25, 0.3) is 0 Å². The van der Waals surface area contributed by atoms with Gasteiger partial charge in [-0.05, 0) is 43.5 Å². The molecule has 2 N–H and O–H groups in total. The Hall–Kier alpha value is -1.51. The Morgan fingerprint density at radius 3 is 2.40 bits per heavy atom. The zero-order valence-electron chi connectivity index (χ0n) is 11.8. The van der Waals surface area contributed by atoms with Crippen LogP contribution in [0.25, 0.3) is 0 Å². The van der Waals surface area contributed by atoms with E-state index in [1.165, 1.54) is 0 Å². The number of benzene rings is 2. The highest BCUT2D eigenvalue weighted by molar-refractivity contribution is 6.32. The van der Waals surface area contributed by atoms with Gasteiger partial charge in [-0.3, -0.25) is 0 Å². The Kier molecular flexibility index (Phi) is 5.05. The van der Waals surface area contributed by atoms with Gasteiger partial charge >= 0.3 is 0 Å². The first-order valence-corrected chi connectivity index (χ1v) is 7.19. The van der Waals surface area contributed by atoms with Crippen LogP contribution >= 0.6 is 11.6 Å².